The van der Waals surface area contributed by atoms with E-state index in [0.29, 0.717) is 31.4 Å². The lowest BCUT2D eigenvalue weighted by molar-refractivity contribution is -0.447. The Hall–Kier alpha value is -9.78. The van der Waals surface area contributed by atoms with Crippen LogP contribution < -0.4 is 5.73 Å². The van der Waals surface area contributed by atoms with Crippen LogP contribution in [-0.4, -0.2) is 153 Å². The number of aliphatic hydroxyl groups is 1. The topological polar surface area (TPSA) is 269 Å². The molecule has 0 spiro atoms. The van der Waals surface area contributed by atoms with Crippen molar-refractivity contribution in [3.05, 3.63) is 287 Å². The van der Waals surface area contributed by atoms with Crippen LogP contribution in [0.3, 0.4) is 0 Å². The largest absolute Gasteiger partial charge is 0.459 e. The van der Waals surface area contributed by atoms with Gasteiger partial charge in [-0.15, -0.1) is 0 Å². The van der Waals surface area contributed by atoms with Crippen LogP contribution in [0, 0.1) is 5.92 Å². The summed E-state index contributed by atoms with van der Waals surface area (Å²) in [4.78, 5) is 86.9. The zero-order valence-corrected chi connectivity index (χ0v) is 55.9. The molecule has 0 aromatic heterocycles. The molecule has 12 unspecified atom stereocenters. The minimum absolute atomic E-state index is 0.0309. The van der Waals surface area contributed by atoms with Crippen molar-refractivity contribution in [3.8, 4) is 0 Å². The van der Waals surface area contributed by atoms with Crippen molar-refractivity contribution >= 4 is 35.8 Å². The van der Waals surface area contributed by atoms with E-state index >= 15 is 9.59 Å². The fourth-order valence-electron chi connectivity index (χ4n) is 12.8. The minimum atomic E-state index is -2.47. The quantitative estimate of drug-likeness (QED) is 0.0164. The number of hydrogen-bond donors (Lipinski definition) is 2. The van der Waals surface area contributed by atoms with E-state index in [2.05, 4.69) is 0 Å². The molecule has 8 aromatic rings. The third-order valence-corrected chi connectivity index (χ3v) is 18.1. The van der Waals surface area contributed by atoms with Crippen molar-refractivity contribution < 1.29 is 95.5 Å². The van der Waals surface area contributed by atoms with Gasteiger partial charge in [0.15, 0.2) is 36.5 Å². The highest BCUT2D eigenvalue weighted by Crippen LogP contribution is 2.58. The fourth-order valence-corrected chi connectivity index (χ4v) is 12.8. The highest BCUT2D eigenvalue weighted by Gasteiger charge is 2.74. The highest BCUT2D eigenvalue weighted by molar-refractivity contribution is 5.93. The maximum atomic E-state index is 15.1. The number of ether oxygens (including phenoxy) is 13. The van der Waals surface area contributed by atoms with Gasteiger partial charge in [-0.3, -0.25) is 0 Å². The first kappa shape index (κ1) is 72.5. The van der Waals surface area contributed by atoms with Gasteiger partial charge in [0.05, 0.1) is 52.7 Å². The molecule has 2 bridgehead atoms. The lowest BCUT2D eigenvalue weighted by Gasteiger charge is -2.68. The number of unbranched alkanes of at least 4 members (excludes halogenated alkanes) is 2. The predicted octanol–water partition coefficient (Wildman–Crippen LogP) is 11.1. The van der Waals surface area contributed by atoms with E-state index in [1.54, 1.807) is 133 Å². The molecule has 1 aliphatic carbocycles. The van der Waals surface area contributed by atoms with Gasteiger partial charge < -0.3 is 72.4 Å². The smallest absolute Gasteiger partial charge is 0.338 e. The molecular formula is C80H81NO20. The average molecular weight is 1380 g/mol. The zero-order chi connectivity index (χ0) is 70.6. The van der Waals surface area contributed by atoms with Crippen molar-refractivity contribution in [1.82, 2.24) is 0 Å². The Balaban J connectivity index is 1.03. The maximum Gasteiger partial charge on any atom is 0.338 e. The van der Waals surface area contributed by atoms with Crippen LogP contribution >= 0.6 is 0 Å². The van der Waals surface area contributed by atoms with Crippen LogP contribution in [0.2, 0.25) is 0 Å². The first-order chi connectivity index (χ1) is 49.3. The molecule has 3 aliphatic heterocycles. The molecule has 0 amide bonds. The highest BCUT2D eigenvalue weighted by atomic mass is 16.8. The van der Waals surface area contributed by atoms with Crippen LogP contribution in [0.25, 0.3) is 0 Å². The van der Waals surface area contributed by atoms with Crippen LogP contribution in [0.4, 0.5) is 0 Å². The summed E-state index contributed by atoms with van der Waals surface area (Å²) in [7, 11) is 1.27. The SMILES string of the molecule is COC(OC1C2OC(c3ccccc3)OCC2C2(C[C@@H](OCc3ccccc3)C(OC(=O)c3ccccc3)C(O)COC(=O)c3ccccc3)OC1C2OCCCCCN)C(OC(=O)c1ccccc1)C(C)(OC(=O)c1ccccc1)[C@@H](COC(=O)c1ccccc1)OC(=O)c1ccccc1. The van der Waals surface area contributed by atoms with Crippen LogP contribution in [0.5, 0.6) is 0 Å². The van der Waals surface area contributed by atoms with Gasteiger partial charge in [0, 0.05) is 31.6 Å². The van der Waals surface area contributed by atoms with E-state index < -0.39 is 134 Å². The zero-order valence-electron chi connectivity index (χ0n) is 55.9. The molecule has 3 saturated heterocycles. The summed E-state index contributed by atoms with van der Waals surface area (Å²) in [6, 6.07) is 66.7. The third-order valence-electron chi connectivity index (χ3n) is 18.1. The van der Waals surface area contributed by atoms with E-state index in [1.807, 2.05) is 60.7 Å². The second-order valence-corrected chi connectivity index (χ2v) is 24.8. The molecule has 8 aromatic carbocycles. The summed E-state index contributed by atoms with van der Waals surface area (Å²) in [5, 5.41) is 12.6. The molecule has 3 N–H and O–H groups in total. The van der Waals surface area contributed by atoms with Crippen molar-refractivity contribution in [3.63, 3.8) is 0 Å². The fraction of sp³-hybridized carbons (Fsp3) is 0.325. The number of nitrogens with two attached hydrogens (primary N) is 1. The predicted molar refractivity (Wildman–Crippen MR) is 366 cm³/mol. The summed E-state index contributed by atoms with van der Waals surface area (Å²) in [5.74, 6) is -6.23. The summed E-state index contributed by atoms with van der Waals surface area (Å²) >= 11 is 0. The Labute approximate surface area is 585 Å². The third kappa shape index (κ3) is 17.9. The summed E-state index contributed by atoms with van der Waals surface area (Å²) in [6.07, 6.45) is -14.2. The molecule has 526 valence electrons. The maximum absolute atomic E-state index is 15.1. The first-order valence-corrected chi connectivity index (χ1v) is 33.6. The molecular weight excluding hydrogens is 1290 g/mol. The number of carbonyl (C=O) groups excluding carboxylic acids is 6. The van der Waals surface area contributed by atoms with E-state index in [4.69, 9.17) is 67.3 Å². The second kappa shape index (κ2) is 35.0. The number of esters is 6. The molecule has 4 fully saturated rings. The number of aliphatic hydroxyl groups excluding tert-OH is 1. The van der Waals surface area contributed by atoms with Gasteiger partial charge >= 0.3 is 35.8 Å². The van der Waals surface area contributed by atoms with E-state index in [-0.39, 0.29) is 59.6 Å². The summed E-state index contributed by atoms with van der Waals surface area (Å²) < 4.78 is 87.1. The molecule has 21 nitrogen and oxygen atoms in total. The standard InChI is InChI=1S/C80H81NO20/c1-79(101-76(88)59-42-24-9-25-43-59,64(95-73(85)56-36-18-6-19-37-56)52-93-72(84)55-34-16-5-17-35-55)70(99-75(87)58-40-22-8-23-41-58)78(89-2)98-67-65-61(50-94-77(97-65)60-44-26-10-27-45-60)80(69(68(67)100-80)90-47-29-11-28-46-81)48-63(91-49-53-30-12-3-13-31-53)66(96-74(86)57-38-20-7-21-39-57)62(82)51-92-71(83)54-32-14-4-15-33-54/h3-10,12-27,30-45,61-70,77-78,82H,11,28-29,46-52,81H2,1-2H3/t61?,62?,63-,64-,65?,66?,67?,68?,69?,70?,77?,78?,79?,80?/m1/s1. The Bertz CT molecular complexity index is 3940. The lowest BCUT2D eigenvalue weighted by Crippen LogP contribution is -2.83. The Morgan fingerprint density at radius 2 is 1.02 bits per heavy atom. The van der Waals surface area contributed by atoms with Crippen molar-refractivity contribution in [1.29, 1.82) is 0 Å². The Morgan fingerprint density at radius 1 is 0.554 bits per heavy atom. The van der Waals surface area contributed by atoms with E-state index in [1.165, 1.54) is 62.6 Å². The van der Waals surface area contributed by atoms with Crippen molar-refractivity contribution in [2.75, 3.05) is 40.1 Å². The molecule has 4 aliphatic rings. The summed E-state index contributed by atoms with van der Waals surface area (Å²) in [6.45, 7) is 0.290. The van der Waals surface area contributed by atoms with Gasteiger partial charge in [0.25, 0.3) is 0 Å². The Morgan fingerprint density at radius 3 is 1.53 bits per heavy atom. The second-order valence-electron chi connectivity index (χ2n) is 24.8. The molecule has 101 heavy (non-hydrogen) atoms. The number of carbonyl (C=O) groups is 6. The van der Waals surface area contributed by atoms with E-state index in [0.717, 1.165) is 5.56 Å². The molecule has 0 radical (unpaired) electrons. The molecule has 14 atom stereocenters. The van der Waals surface area contributed by atoms with Gasteiger partial charge in [-0.1, -0.05) is 170 Å². The van der Waals surface area contributed by atoms with Gasteiger partial charge in [-0.25, -0.2) is 28.8 Å². The van der Waals surface area contributed by atoms with Crippen LogP contribution in [0.15, 0.2) is 243 Å². The van der Waals surface area contributed by atoms with Crippen molar-refractivity contribution in [2.24, 2.45) is 11.7 Å². The van der Waals surface area contributed by atoms with Gasteiger partial charge in [0.1, 0.15) is 49.3 Å². The van der Waals surface area contributed by atoms with Crippen molar-refractivity contribution in [2.45, 2.75) is 118 Å². The molecule has 12 rings (SSSR count). The minimum Gasteiger partial charge on any atom is -0.459 e. The number of methoxy groups -OCH3 is 1. The first-order valence-electron chi connectivity index (χ1n) is 33.6. The van der Waals surface area contributed by atoms with Gasteiger partial charge in [0.2, 0.25) is 0 Å². The van der Waals surface area contributed by atoms with Gasteiger partial charge in [-0.05, 0) is 111 Å². The number of benzene rings is 8. The number of hydrogen-bond acceptors (Lipinski definition) is 21. The average Bonchev–Trinajstić information content (AvgIpc) is 0.685. The molecule has 3 heterocycles. The van der Waals surface area contributed by atoms with Gasteiger partial charge in [-0.2, -0.15) is 0 Å². The number of rotatable bonds is 34. The molecule has 21 heteroatoms. The van der Waals surface area contributed by atoms with Crippen LogP contribution in [-0.2, 0) is 68.2 Å². The normalized spacial score (nSPS) is 21.3. The van der Waals surface area contributed by atoms with Crippen LogP contribution in [0.1, 0.15) is 112 Å². The Kier molecular flexibility index (Phi) is 25.1. The molecule has 1 saturated carbocycles. The van der Waals surface area contributed by atoms with E-state index in [9.17, 15) is 24.3 Å². The summed E-state index contributed by atoms with van der Waals surface area (Å²) in [5.41, 5.74) is 3.99. The lowest BCUT2D eigenvalue weighted by atomic mass is 9.61. The monoisotopic (exact) mass is 1380 g/mol.